The molecule has 1 fully saturated rings. The number of benzene rings is 2. The molecule has 5 heteroatoms. The van der Waals surface area contributed by atoms with Gasteiger partial charge in [0.05, 0.1) is 16.0 Å². The molecule has 1 saturated heterocycles. The second kappa shape index (κ2) is 6.65. The number of carboxylic acids is 1. The van der Waals surface area contributed by atoms with E-state index in [9.17, 15) is 14.7 Å². The number of amides is 1. The Bertz CT molecular complexity index is 752. The number of piperidine rings is 1. The van der Waals surface area contributed by atoms with Crippen molar-refractivity contribution in [2.24, 2.45) is 0 Å². The molecule has 0 aromatic heterocycles. The number of hydrogen-bond acceptors (Lipinski definition) is 2. The smallest absolute Gasteiger partial charge is 0.314 e. The Hall–Kier alpha value is -2.33. The molecule has 0 bridgehead atoms. The zero-order valence-corrected chi connectivity index (χ0v) is 13.9. The summed E-state index contributed by atoms with van der Waals surface area (Å²) in [6.45, 7) is 0.788. The maximum atomic E-state index is 12.6. The van der Waals surface area contributed by atoms with Gasteiger partial charge >= 0.3 is 5.97 Å². The Morgan fingerprint density at radius 2 is 1.54 bits per heavy atom. The van der Waals surface area contributed by atoms with Crippen LogP contribution in [-0.4, -0.2) is 35.0 Å². The molecule has 124 valence electrons. The molecule has 1 aliphatic rings. The van der Waals surface area contributed by atoms with Gasteiger partial charge in [-0.15, -0.1) is 0 Å². The van der Waals surface area contributed by atoms with Crippen LogP contribution in [0.4, 0.5) is 0 Å². The maximum absolute atomic E-state index is 12.6. The molecule has 2 aromatic carbocycles. The van der Waals surface area contributed by atoms with Gasteiger partial charge in [0.15, 0.2) is 0 Å². The standard InChI is InChI=1S/C19H18ClNO3/c20-16-9-5-4-8-15(16)17(22)21-12-10-19(11-13-21,18(23)24)14-6-2-1-3-7-14/h1-9H,10-13H2,(H,23,24). The van der Waals surface area contributed by atoms with Gasteiger partial charge in [-0.05, 0) is 30.5 Å². The molecule has 0 radical (unpaired) electrons. The first-order valence-corrected chi connectivity index (χ1v) is 8.25. The van der Waals surface area contributed by atoms with Crippen molar-refractivity contribution in [3.05, 3.63) is 70.7 Å². The lowest BCUT2D eigenvalue weighted by Crippen LogP contribution is -2.49. The third kappa shape index (κ3) is 2.89. The minimum atomic E-state index is -0.932. The highest BCUT2D eigenvalue weighted by Gasteiger charge is 2.44. The van der Waals surface area contributed by atoms with Gasteiger partial charge in [-0.25, -0.2) is 0 Å². The van der Waals surface area contributed by atoms with E-state index in [4.69, 9.17) is 11.6 Å². The molecule has 1 amide bonds. The predicted octanol–water partition coefficient (Wildman–Crippen LogP) is 3.60. The number of rotatable bonds is 3. The third-order valence-corrected chi connectivity index (χ3v) is 5.07. The number of halogens is 1. The number of carbonyl (C=O) groups excluding carboxylic acids is 1. The van der Waals surface area contributed by atoms with Gasteiger partial charge in [-0.1, -0.05) is 54.1 Å². The molecular formula is C19H18ClNO3. The van der Waals surface area contributed by atoms with E-state index in [2.05, 4.69) is 0 Å². The molecule has 4 nitrogen and oxygen atoms in total. The molecular weight excluding hydrogens is 326 g/mol. The van der Waals surface area contributed by atoms with Crippen LogP contribution in [0.15, 0.2) is 54.6 Å². The second-order valence-corrected chi connectivity index (χ2v) is 6.43. The van der Waals surface area contributed by atoms with Crippen LogP contribution >= 0.6 is 11.6 Å². The van der Waals surface area contributed by atoms with Gasteiger partial charge in [-0.2, -0.15) is 0 Å². The molecule has 1 heterocycles. The van der Waals surface area contributed by atoms with Crippen molar-refractivity contribution < 1.29 is 14.7 Å². The highest BCUT2D eigenvalue weighted by molar-refractivity contribution is 6.33. The summed E-state index contributed by atoms with van der Waals surface area (Å²) in [5.41, 5.74) is 0.322. The van der Waals surface area contributed by atoms with Gasteiger partial charge < -0.3 is 10.0 Å². The fourth-order valence-corrected chi connectivity index (χ4v) is 3.50. The molecule has 0 atom stereocenters. The van der Waals surface area contributed by atoms with E-state index in [-0.39, 0.29) is 5.91 Å². The van der Waals surface area contributed by atoms with Crippen LogP contribution in [0.2, 0.25) is 5.02 Å². The van der Waals surface area contributed by atoms with Gasteiger partial charge in [0, 0.05) is 13.1 Å². The van der Waals surface area contributed by atoms with E-state index in [0.717, 1.165) is 5.56 Å². The Morgan fingerprint density at radius 1 is 0.958 bits per heavy atom. The molecule has 1 aliphatic heterocycles. The van der Waals surface area contributed by atoms with E-state index >= 15 is 0 Å². The van der Waals surface area contributed by atoms with Crippen molar-refractivity contribution >= 4 is 23.5 Å². The SMILES string of the molecule is O=C(c1ccccc1Cl)N1CCC(C(=O)O)(c2ccccc2)CC1. The van der Waals surface area contributed by atoms with E-state index in [1.165, 1.54) is 0 Å². The van der Waals surface area contributed by atoms with Crippen molar-refractivity contribution in [1.29, 1.82) is 0 Å². The van der Waals surface area contributed by atoms with Crippen LogP contribution in [0.5, 0.6) is 0 Å². The highest BCUT2D eigenvalue weighted by atomic mass is 35.5. The van der Waals surface area contributed by atoms with Gasteiger partial charge in [-0.3, -0.25) is 9.59 Å². The van der Waals surface area contributed by atoms with Crippen LogP contribution in [0.1, 0.15) is 28.8 Å². The van der Waals surface area contributed by atoms with E-state index in [1.807, 2.05) is 30.3 Å². The lowest BCUT2D eigenvalue weighted by molar-refractivity contribution is -0.145. The average Bonchev–Trinajstić information content (AvgIpc) is 2.62. The van der Waals surface area contributed by atoms with Gasteiger partial charge in [0.2, 0.25) is 0 Å². The fourth-order valence-electron chi connectivity index (χ4n) is 3.28. The summed E-state index contributed by atoms with van der Waals surface area (Å²) in [6.07, 6.45) is 0.783. The Balaban J connectivity index is 1.80. The van der Waals surface area contributed by atoms with Crippen LogP contribution in [0, 0.1) is 0 Å². The summed E-state index contributed by atoms with van der Waals surface area (Å²) >= 11 is 6.10. The first-order valence-electron chi connectivity index (χ1n) is 7.87. The van der Waals surface area contributed by atoms with Crippen molar-refractivity contribution in [3.8, 4) is 0 Å². The van der Waals surface area contributed by atoms with Crippen molar-refractivity contribution in [3.63, 3.8) is 0 Å². The number of aliphatic carboxylic acids is 1. The minimum Gasteiger partial charge on any atom is -0.481 e. The van der Waals surface area contributed by atoms with Crippen LogP contribution in [0.25, 0.3) is 0 Å². The summed E-state index contributed by atoms with van der Waals surface area (Å²) < 4.78 is 0. The zero-order valence-electron chi connectivity index (χ0n) is 13.1. The van der Waals surface area contributed by atoms with Crippen molar-refractivity contribution in [1.82, 2.24) is 4.90 Å². The maximum Gasteiger partial charge on any atom is 0.314 e. The van der Waals surface area contributed by atoms with Gasteiger partial charge in [0.1, 0.15) is 0 Å². The Labute approximate surface area is 145 Å². The van der Waals surface area contributed by atoms with Crippen LogP contribution < -0.4 is 0 Å². The molecule has 0 unspecified atom stereocenters. The van der Waals surface area contributed by atoms with E-state index in [0.29, 0.717) is 36.5 Å². The zero-order chi connectivity index (χ0) is 17.2. The van der Waals surface area contributed by atoms with Crippen molar-refractivity contribution in [2.75, 3.05) is 13.1 Å². The van der Waals surface area contributed by atoms with Crippen LogP contribution in [-0.2, 0) is 10.2 Å². The van der Waals surface area contributed by atoms with Crippen LogP contribution in [0.3, 0.4) is 0 Å². The number of likely N-dealkylation sites (tertiary alicyclic amines) is 1. The number of carboxylic acid groups (broad SMARTS) is 1. The monoisotopic (exact) mass is 343 g/mol. The van der Waals surface area contributed by atoms with Crippen molar-refractivity contribution in [2.45, 2.75) is 18.3 Å². The lowest BCUT2D eigenvalue weighted by atomic mass is 9.73. The Kier molecular flexibility index (Phi) is 4.58. The molecule has 2 aromatic rings. The normalized spacial score (nSPS) is 16.6. The third-order valence-electron chi connectivity index (χ3n) is 4.74. The highest BCUT2D eigenvalue weighted by Crippen LogP contribution is 2.36. The quantitative estimate of drug-likeness (QED) is 0.926. The summed E-state index contributed by atoms with van der Waals surface area (Å²) in [4.78, 5) is 26.3. The first kappa shape index (κ1) is 16.5. The average molecular weight is 344 g/mol. The molecule has 0 saturated carbocycles. The number of nitrogens with zero attached hydrogens (tertiary/aromatic N) is 1. The molecule has 1 N–H and O–H groups in total. The Morgan fingerprint density at radius 3 is 2.12 bits per heavy atom. The predicted molar refractivity (Wildman–Crippen MR) is 92.3 cm³/mol. The largest absolute Gasteiger partial charge is 0.481 e. The number of carbonyl (C=O) groups is 2. The molecule has 0 aliphatic carbocycles. The molecule has 24 heavy (non-hydrogen) atoms. The van der Waals surface area contributed by atoms with Gasteiger partial charge in [0.25, 0.3) is 5.91 Å². The lowest BCUT2D eigenvalue weighted by Gasteiger charge is -2.39. The van der Waals surface area contributed by atoms with E-state index < -0.39 is 11.4 Å². The topological polar surface area (TPSA) is 57.6 Å². The second-order valence-electron chi connectivity index (χ2n) is 6.03. The van der Waals surface area contributed by atoms with E-state index in [1.54, 1.807) is 29.2 Å². The molecule has 3 rings (SSSR count). The summed E-state index contributed by atoms with van der Waals surface area (Å²) in [5.74, 6) is -0.980. The summed E-state index contributed by atoms with van der Waals surface area (Å²) in [5, 5.41) is 10.2. The summed E-state index contributed by atoms with van der Waals surface area (Å²) in [7, 11) is 0. The number of hydrogen-bond donors (Lipinski definition) is 1. The first-order chi connectivity index (χ1) is 11.5. The minimum absolute atomic E-state index is 0.146. The fraction of sp³-hybridized carbons (Fsp3) is 0.263. The summed E-state index contributed by atoms with van der Waals surface area (Å²) in [6, 6.07) is 16.2. The molecule has 0 spiro atoms.